The van der Waals surface area contributed by atoms with Gasteiger partial charge in [-0.2, -0.15) is 0 Å². The summed E-state index contributed by atoms with van der Waals surface area (Å²) in [5.41, 5.74) is 1.29. The van der Waals surface area contributed by atoms with E-state index in [1.807, 2.05) is 24.8 Å². The standard InChI is InChI=1S/C20H30N2O3/c1-14(2)20(23)22-10-8-17(9-11-22)21-15(3)4-5-16-6-7-18-19(12-16)25-13-24-18/h6-7,12,14-15,17,21H,4-5,8-11,13H2,1-3H3. The smallest absolute Gasteiger partial charge is 0.231 e. The first-order valence-corrected chi connectivity index (χ1v) is 9.46. The second kappa shape index (κ2) is 8.09. The van der Waals surface area contributed by atoms with Gasteiger partial charge in [0.05, 0.1) is 0 Å². The monoisotopic (exact) mass is 346 g/mol. The van der Waals surface area contributed by atoms with E-state index in [0.717, 1.165) is 50.3 Å². The van der Waals surface area contributed by atoms with Crippen LogP contribution >= 0.6 is 0 Å². The third kappa shape index (κ3) is 4.66. The van der Waals surface area contributed by atoms with Gasteiger partial charge in [-0.25, -0.2) is 0 Å². The molecule has 1 aromatic rings. The Hall–Kier alpha value is -1.75. The Morgan fingerprint density at radius 3 is 2.64 bits per heavy atom. The minimum atomic E-state index is 0.102. The maximum Gasteiger partial charge on any atom is 0.231 e. The van der Waals surface area contributed by atoms with Crippen molar-refractivity contribution in [1.29, 1.82) is 0 Å². The molecule has 0 saturated carbocycles. The fourth-order valence-corrected chi connectivity index (χ4v) is 3.60. The molecule has 0 spiro atoms. The Bertz CT molecular complexity index is 595. The number of amides is 1. The predicted molar refractivity (Wildman–Crippen MR) is 97.9 cm³/mol. The summed E-state index contributed by atoms with van der Waals surface area (Å²) in [5, 5.41) is 3.74. The zero-order chi connectivity index (χ0) is 17.8. The number of nitrogens with one attached hydrogen (secondary N) is 1. The van der Waals surface area contributed by atoms with E-state index in [9.17, 15) is 4.79 Å². The number of hydrogen-bond donors (Lipinski definition) is 1. The fraction of sp³-hybridized carbons (Fsp3) is 0.650. The molecule has 25 heavy (non-hydrogen) atoms. The molecule has 5 nitrogen and oxygen atoms in total. The number of likely N-dealkylation sites (tertiary alicyclic amines) is 1. The number of hydrogen-bond acceptors (Lipinski definition) is 4. The van der Waals surface area contributed by atoms with E-state index in [0.29, 0.717) is 18.9 Å². The van der Waals surface area contributed by atoms with E-state index in [4.69, 9.17) is 9.47 Å². The number of ether oxygens (including phenoxy) is 2. The molecule has 1 fully saturated rings. The van der Waals surface area contributed by atoms with Crippen LogP contribution in [0.15, 0.2) is 18.2 Å². The van der Waals surface area contributed by atoms with Crippen LogP contribution in [0.5, 0.6) is 11.5 Å². The van der Waals surface area contributed by atoms with E-state index >= 15 is 0 Å². The summed E-state index contributed by atoms with van der Waals surface area (Å²) >= 11 is 0. The Kier molecular flexibility index (Phi) is 5.84. The highest BCUT2D eigenvalue weighted by atomic mass is 16.7. The summed E-state index contributed by atoms with van der Waals surface area (Å²) < 4.78 is 10.8. The molecule has 1 aromatic carbocycles. The average Bonchev–Trinajstić information content (AvgIpc) is 3.07. The van der Waals surface area contributed by atoms with Crippen LogP contribution in [-0.2, 0) is 11.2 Å². The lowest BCUT2D eigenvalue weighted by Crippen LogP contribution is -2.48. The molecule has 0 aromatic heterocycles. The summed E-state index contributed by atoms with van der Waals surface area (Å²) in [6.07, 6.45) is 4.21. The van der Waals surface area contributed by atoms with Crippen molar-refractivity contribution in [2.45, 2.75) is 58.5 Å². The zero-order valence-corrected chi connectivity index (χ0v) is 15.6. The second-order valence-electron chi connectivity index (χ2n) is 7.55. The fourth-order valence-electron chi connectivity index (χ4n) is 3.60. The van der Waals surface area contributed by atoms with Crippen molar-refractivity contribution in [2.24, 2.45) is 5.92 Å². The Balaban J connectivity index is 1.40. The zero-order valence-electron chi connectivity index (χ0n) is 15.6. The van der Waals surface area contributed by atoms with Crippen LogP contribution in [0.3, 0.4) is 0 Å². The number of benzene rings is 1. The van der Waals surface area contributed by atoms with Gasteiger partial charge in [-0.1, -0.05) is 19.9 Å². The van der Waals surface area contributed by atoms with Gasteiger partial charge in [0.25, 0.3) is 0 Å². The Morgan fingerprint density at radius 2 is 1.92 bits per heavy atom. The lowest BCUT2D eigenvalue weighted by molar-refractivity contribution is -0.135. The minimum absolute atomic E-state index is 0.102. The van der Waals surface area contributed by atoms with Crippen molar-refractivity contribution < 1.29 is 14.3 Å². The van der Waals surface area contributed by atoms with Crippen molar-refractivity contribution in [3.63, 3.8) is 0 Å². The van der Waals surface area contributed by atoms with Crippen LogP contribution in [-0.4, -0.2) is 42.8 Å². The Labute approximate surface area is 150 Å². The molecule has 2 heterocycles. The lowest BCUT2D eigenvalue weighted by atomic mass is 10.0. The van der Waals surface area contributed by atoms with Crippen LogP contribution in [0, 0.1) is 5.92 Å². The molecule has 1 N–H and O–H groups in total. The average molecular weight is 346 g/mol. The SMILES string of the molecule is CC(CCc1ccc2c(c1)OCO2)NC1CCN(C(=O)C(C)C)CC1. The first-order valence-electron chi connectivity index (χ1n) is 9.46. The number of piperidine rings is 1. The number of fused-ring (bicyclic) bond motifs is 1. The van der Waals surface area contributed by atoms with Crippen molar-refractivity contribution in [1.82, 2.24) is 10.2 Å². The van der Waals surface area contributed by atoms with Crippen molar-refractivity contribution in [3.8, 4) is 11.5 Å². The maximum atomic E-state index is 12.1. The van der Waals surface area contributed by atoms with Crippen molar-refractivity contribution in [2.75, 3.05) is 19.9 Å². The largest absolute Gasteiger partial charge is 0.454 e. The topological polar surface area (TPSA) is 50.8 Å². The molecule has 2 aliphatic rings. The third-order valence-electron chi connectivity index (χ3n) is 5.12. The minimum Gasteiger partial charge on any atom is -0.454 e. The van der Waals surface area contributed by atoms with Gasteiger partial charge < -0.3 is 19.7 Å². The second-order valence-corrected chi connectivity index (χ2v) is 7.55. The highest BCUT2D eigenvalue weighted by molar-refractivity contribution is 5.78. The van der Waals surface area contributed by atoms with E-state index < -0.39 is 0 Å². The first kappa shape index (κ1) is 18.1. The summed E-state index contributed by atoms with van der Waals surface area (Å²) in [5.74, 6) is 2.09. The van der Waals surface area contributed by atoms with Gasteiger partial charge in [0.2, 0.25) is 12.7 Å². The van der Waals surface area contributed by atoms with Gasteiger partial charge in [0, 0.05) is 31.1 Å². The molecule has 1 unspecified atom stereocenters. The van der Waals surface area contributed by atoms with E-state index in [-0.39, 0.29) is 11.8 Å². The predicted octanol–water partition coefficient (Wildman–Crippen LogP) is 2.97. The summed E-state index contributed by atoms with van der Waals surface area (Å²) in [6, 6.07) is 7.18. The Morgan fingerprint density at radius 1 is 1.20 bits per heavy atom. The summed E-state index contributed by atoms with van der Waals surface area (Å²) in [6.45, 7) is 8.29. The van der Waals surface area contributed by atoms with E-state index in [1.165, 1.54) is 5.56 Å². The highest BCUT2D eigenvalue weighted by Crippen LogP contribution is 2.32. The van der Waals surface area contributed by atoms with Gasteiger partial charge in [-0.3, -0.25) is 4.79 Å². The van der Waals surface area contributed by atoms with Gasteiger partial charge >= 0.3 is 0 Å². The van der Waals surface area contributed by atoms with Crippen LogP contribution in [0.25, 0.3) is 0 Å². The molecule has 0 radical (unpaired) electrons. The highest BCUT2D eigenvalue weighted by Gasteiger charge is 2.24. The van der Waals surface area contributed by atoms with Crippen molar-refractivity contribution in [3.05, 3.63) is 23.8 Å². The number of aryl methyl sites for hydroxylation is 1. The first-order chi connectivity index (χ1) is 12.0. The summed E-state index contributed by atoms with van der Waals surface area (Å²) in [7, 11) is 0. The van der Waals surface area contributed by atoms with Gasteiger partial charge in [0.1, 0.15) is 0 Å². The number of nitrogens with zero attached hydrogens (tertiary/aromatic N) is 1. The molecule has 3 rings (SSSR count). The molecule has 0 aliphatic carbocycles. The van der Waals surface area contributed by atoms with Crippen molar-refractivity contribution >= 4 is 5.91 Å². The molecular weight excluding hydrogens is 316 g/mol. The summed E-state index contributed by atoms with van der Waals surface area (Å²) in [4.78, 5) is 14.1. The normalized spacial score (nSPS) is 18.6. The number of carbonyl (C=O) groups excluding carboxylic acids is 1. The molecule has 0 bridgehead atoms. The van der Waals surface area contributed by atoms with E-state index in [2.05, 4.69) is 24.4 Å². The molecule has 1 amide bonds. The quantitative estimate of drug-likeness (QED) is 0.860. The van der Waals surface area contributed by atoms with Crippen LogP contribution in [0.1, 0.15) is 45.6 Å². The maximum absolute atomic E-state index is 12.1. The van der Waals surface area contributed by atoms with Gasteiger partial charge in [0.15, 0.2) is 11.5 Å². The van der Waals surface area contributed by atoms with E-state index in [1.54, 1.807) is 0 Å². The van der Waals surface area contributed by atoms with Gasteiger partial charge in [-0.15, -0.1) is 0 Å². The van der Waals surface area contributed by atoms with Crippen LogP contribution in [0.4, 0.5) is 0 Å². The van der Waals surface area contributed by atoms with Gasteiger partial charge in [-0.05, 0) is 50.3 Å². The molecule has 2 aliphatic heterocycles. The molecule has 5 heteroatoms. The molecule has 1 atom stereocenters. The van der Waals surface area contributed by atoms with Crippen LogP contribution in [0.2, 0.25) is 0 Å². The molecule has 1 saturated heterocycles. The lowest BCUT2D eigenvalue weighted by Gasteiger charge is -2.35. The number of carbonyl (C=O) groups is 1. The van der Waals surface area contributed by atoms with Crippen LogP contribution < -0.4 is 14.8 Å². The third-order valence-corrected chi connectivity index (χ3v) is 5.12. The molecule has 138 valence electrons. The molecular formula is C20H30N2O3. The number of rotatable bonds is 6.